The SMILES string of the molecule is CCCCN(C)c1ccc(NC(=O)c2cccnc2)nc1. The Bertz CT molecular complexity index is 569. The molecule has 0 unspecified atom stereocenters. The summed E-state index contributed by atoms with van der Waals surface area (Å²) in [5, 5.41) is 2.76. The van der Waals surface area contributed by atoms with Gasteiger partial charge in [0.15, 0.2) is 0 Å². The van der Waals surface area contributed by atoms with Crippen molar-refractivity contribution in [3.05, 3.63) is 48.4 Å². The van der Waals surface area contributed by atoms with Gasteiger partial charge in [0.05, 0.1) is 17.4 Å². The molecule has 0 atom stereocenters. The van der Waals surface area contributed by atoms with Crippen LogP contribution in [0.5, 0.6) is 0 Å². The predicted molar refractivity (Wildman–Crippen MR) is 84.6 cm³/mol. The first-order valence-electron chi connectivity index (χ1n) is 7.09. The highest BCUT2D eigenvalue weighted by Crippen LogP contribution is 2.14. The van der Waals surface area contributed by atoms with Crippen molar-refractivity contribution in [1.82, 2.24) is 9.97 Å². The quantitative estimate of drug-likeness (QED) is 0.886. The lowest BCUT2D eigenvalue weighted by Crippen LogP contribution is -2.19. The third-order valence-corrected chi connectivity index (χ3v) is 3.20. The fourth-order valence-electron chi connectivity index (χ4n) is 1.90. The van der Waals surface area contributed by atoms with Gasteiger partial charge in [-0.2, -0.15) is 0 Å². The standard InChI is InChI=1S/C16H20N4O/c1-3-4-10-20(2)14-7-8-15(18-12-14)19-16(21)13-6-5-9-17-11-13/h5-9,11-12H,3-4,10H2,1-2H3,(H,18,19,21). The van der Waals surface area contributed by atoms with E-state index < -0.39 is 0 Å². The Morgan fingerprint density at radius 2 is 2.14 bits per heavy atom. The first kappa shape index (κ1) is 15.0. The van der Waals surface area contributed by atoms with Gasteiger partial charge in [0.1, 0.15) is 5.82 Å². The molecule has 0 bridgehead atoms. The second-order valence-electron chi connectivity index (χ2n) is 4.87. The Hall–Kier alpha value is -2.43. The number of amides is 1. The van der Waals surface area contributed by atoms with Crippen LogP contribution in [0.3, 0.4) is 0 Å². The van der Waals surface area contributed by atoms with Crippen molar-refractivity contribution < 1.29 is 4.79 Å². The van der Waals surface area contributed by atoms with Gasteiger partial charge in [0.25, 0.3) is 5.91 Å². The van der Waals surface area contributed by atoms with E-state index in [4.69, 9.17) is 0 Å². The molecule has 0 fully saturated rings. The van der Waals surface area contributed by atoms with Crippen molar-refractivity contribution >= 4 is 17.4 Å². The smallest absolute Gasteiger partial charge is 0.258 e. The maximum Gasteiger partial charge on any atom is 0.258 e. The average Bonchev–Trinajstić information content (AvgIpc) is 2.54. The number of nitrogens with zero attached hydrogens (tertiary/aromatic N) is 3. The van der Waals surface area contributed by atoms with Crippen LogP contribution in [0.1, 0.15) is 30.1 Å². The summed E-state index contributed by atoms with van der Waals surface area (Å²) in [5.74, 6) is 0.333. The number of hydrogen-bond acceptors (Lipinski definition) is 4. The van der Waals surface area contributed by atoms with Crippen LogP contribution in [-0.4, -0.2) is 29.5 Å². The van der Waals surface area contributed by atoms with Crippen LogP contribution in [0.25, 0.3) is 0 Å². The van der Waals surface area contributed by atoms with Gasteiger partial charge in [-0.3, -0.25) is 9.78 Å². The molecule has 0 aliphatic heterocycles. The van der Waals surface area contributed by atoms with Crippen molar-refractivity contribution in [2.45, 2.75) is 19.8 Å². The van der Waals surface area contributed by atoms with E-state index >= 15 is 0 Å². The largest absolute Gasteiger partial charge is 0.373 e. The summed E-state index contributed by atoms with van der Waals surface area (Å²) in [4.78, 5) is 22.3. The van der Waals surface area contributed by atoms with Crippen LogP contribution in [0, 0.1) is 0 Å². The van der Waals surface area contributed by atoms with Gasteiger partial charge in [0, 0.05) is 26.0 Å². The van der Waals surface area contributed by atoms with Crippen LogP contribution >= 0.6 is 0 Å². The van der Waals surface area contributed by atoms with Crippen LogP contribution in [0.4, 0.5) is 11.5 Å². The van der Waals surface area contributed by atoms with Crippen LogP contribution in [0.2, 0.25) is 0 Å². The number of pyridine rings is 2. The van der Waals surface area contributed by atoms with Crippen molar-refractivity contribution in [3.63, 3.8) is 0 Å². The second-order valence-corrected chi connectivity index (χ2v) is 4.87. The third kappa shape index (κ3) is 4.27. The number of rotatable bonds is 6. The molecule has 21 heavy (non-hydrogen) atoms. The second kappa shape index (κ2) is 7.38. The topological polar surface area (TPSA) is 58.1 Å². The van der Waals surface area contributed by atoms with Gasteiger partial charge in [-0.15, -0.1) is 0 Å². The number of unbranched alkanes of at least 4 members (excludes halogenated alkanes) is 1. The summed E-state index contributed by atoms with van der Waals surface area (Å²) >= 11 is 0. The molecule has 2 aromatic heterocycles. The summed E-state index contributed by atoms with van der Waals surface area (Å²) in [5.41, 5.74) is 1.56. The summed E-state index contributed by atoms with van der Waals surface area (Å²) in [6, 6.07) is 7.22. The minimum atomic E-state index is -0.206. The zero-order valence-electron chi connectivity index (χ0n) is 12.4. The van der Waals surface area contributed by atoms with Crippen LogP contribution < -0.4 is 10.2 Å². The van der Waals surface area contributed by atoms with Crippen molar-refractivity contribution in [3.8, 4) is 0 Å². The van der Waals surface area contributed by atoms with E-state index in [2.05, 4.69) is 27.1 Å². The highest BCUT2D eigenvalue weighted by Gasteiger charge is 2.07. The Balaban J connectivity index is 1.98. The molecule has 0 saturated heterocycles. The first-order chi connectivity index (χ1) is 10.2. The van der Waals surface area contributed by atoms with Gasteiger partial charge in [-0.25, -0.2) is 4.98 Å². The van der Waals surface area contributed by atoms with Gasteiger partial charge >= 0.3 is 0 Å². The monoisotopic (exact) mass is 284 g/mol. The molecular formula is C16H20N4O. The summed E-state index contributed by atoms with van der Waals surface area (Å²) in [6.45, 7) is 3.17. The van der Waals surface area contributed by atoms with Crippen molar-refractivity contribution in [1.29, 1.82) is 0 Å². The third-order valence-electron chi connectivity index (χ3n) is 3.20. The molecule has 0 aliphatic carbocycles. The molecule has 2 rings (SSSR count). The summed E-state index contributed by atoms with van der Waals surface area (Å²) < 4.78 is 0. The average molecular weight is 284 g/mol. The van der Waals surface area contributed by atoms with Crippen molar-refractivity contribution in [2.75, 3.05) is 23.8 Å². The Kier molecular flexibility index (Phi) is 5.26. The first-order valence-corrected chi connectivity index (χ1v) is 7.09. The molecule has 0 radical (unpaired) electrons. The lowest BCUT2D eigenvalue weighted by Gasteiger charge is -2.18. The molecule has 0 aromatic carbocycles. The van der Waals surface area contributed by atoms with Gasteiger partial charge < -0.3 is 10.2 Å². The van der Waals surface area contributed by atoms with Gasteiger partial charge in [-0.1, -0.05) is 13.3 Å². The van der Waals surface area contributed by atoms with Gasteiger partial charge in [0.2, 0.25) is 0 Å². The number of carbonyl (C=O) groups is 1. The number of anilines is 2. The Morgan fingerprint density at radius 1 is 1.29 bits per heavy atom. The molecule has 5 nitrogen and oxygen atoms in total. The normalized spacial score (nSPS) is 10.2. The fourth-order valence-corrected chi connectivity index (χ4v) is 1.90. The highest BCUT2D eigenvalue weighted by molar-refractivity contribution is 6.03. The van der Waals surface area contributed by atoms with Gasteiger partial charge in [-0.05, 0) is 30.7 Å². The number of aromatic nitrogens is 2. The molecule has 5 heteroatoms. The molecule has 110 valence electrons. The Labute approximate surface area is 125 Å². The summed E-state index contributed by atoms with van der Waals surface area (Å²) in [7, 11) is 2.04. The van der Waals surface area contributed by atoms with Crippen LogP contribution in [0.15, 0.2) is 42.9 Å². The zero-order valence-corrected chi connectivity index (χ0v) is 12.4. The van der Waals surface area contributed by atoms with E-state index in [0.717, 1.165) is 25.1 Å². The molecule has 1 amide bonds. The molecule has 1 N–H and O–H groups in total. The molecular weight excluding hydrogens is 264 g/mol. The van der Waals surface area contributed by atoms with E-state index in [0.29, 0.717) is 11.4 Å². The fraction of sp³-hybridized carbons (Fsp3) is 0.312. The van der Waals surface area contributed by atoms with E-state index in [-0.39, 0.29) is 5.91 Å². The number of hydrogen-bond donors (Lipinski definition) is 1. The molecule has 0 aliphatic rings. The number of carbonyl (C=O) groups excluding carboxylic acids is 1. The van der Waals surface area contributed by atoms with Crippen LogP contribution in [-0.2, 0) is 0 Å². The summed E-state index contributed by atoms with van der Waals surface area (Å²) in [6.07, 6.45) is 7.25. The van der Waals surface area contributed by atoms with E-state index in [1.807, 2.05) is 19.2 Å². The molecule has 2 heterocycles. The van der Waals surface area contributed by atoms with Crippen molar-refractivity contribution in [2.24, 2.45) is 0 Å². The molecule has 2 aromatic rings. The minimum Gasteiger partial charge on any atom is -0.373 e. The highest BCUT2D eigenvalue weighted by atomic mass is 16.1. The predicted octanol–water partition coefficient (Wildman–Crippen LogP) is 2.97. The molecule has 0 spiro atoms. The maximum absolute atomic E-state index is 12.0. The van der Waals surface area contributed by atoms with E-state index in [9.17, 15) is 4.79 Å². The zero-order chi connectivity index (χ0) is 15.1. The minimum absolute atomic E-state index is 0.206. The van der Waals surface area contributed by atoms with E-state index in [1.54, 1.807) is 24.5 Å². The number of nitrogens with one attached hydrogen (secondary N) is 1. The molecule has 0 saturated carbocycles. The lowest BCUT2D eigenvalue weighted by molar-refractivity contribution is 0.102. The van der Waals surface area contributed by atoms with E-state index in [1.165, 1.54) is 6.20 Å². The maximum atomic E-state index is 12.0. The Morgan fingerprint density at radius 3 is 2.76 bits per heavy atom. The lowest BCUT2D eigenvalue weighted by atomic mass is 10.2.